The van der Waals surface area contributed by atoms with Crippen molar-refractivity contribution in [2.75, 3.05) is 7.11 Å². The van der Waals surface area contributed by atoms with Crippen molar-refractivity contribution in [1.82, 2.24) is 0 Å². The van der Waals surface area contributed by atoms with Crippen LogP contribution in [0.5, 0.6) is 0 Å². The lowest BCUT2D eigenvalue weighted by atomic mass is 10.1. The fourth-order valence-electron chi connectivity index (χ4n) is 1.16. The van der Waals surface area contributed by atoms with E-state index in [2.05, 4.69) is 20.7 Å². The van der Waals surface area contributed by atoms with Gasteiger partial charge in [-0.05, 0) is 24.6 Å². The summed E-state index contributed by atoms with van der Waals surface area (Å²) in [4.78, 5) is 22.6. The Hall–Kier alpha value is -1.42. The molecule has 0 bridgehead atoms. The van der Waals surface area contributed by atoms with Crippen LogP contribution in [0.15, 0.2) is 34.3 Å². The molecule has 0 spiro atoms. The van der Waals surface area contributed by atoms with E-state index in [-0.39, 0.29) is 11.4 Å². The molecule has 0 N–H and O–H groups in total. The summed E-state index contributed by atoms with van der Waals surface area (Å²) in [6.45, 7) is 1.33. The van der Waals surface area contributed by atoms with E-state index in [0.717, 1.165) is 10.0 Å². The Morgan fingerprint density at radius 3 is 2.44 bits per heavy atom. The number of carbonyl (C=O) groups is 2. The summed E-state index contributed by atoms with van der Waals surface area (Å²) in [6.07, 6.45) is 1.51. The molecule has 84 valence electrons. The van der Waals surface area contributed by atoms with E-state index < -0.39 is 5.97 Å². The first-order chi connectivity index (χ1) is 7.56. The second-order valence-corrected chi connectivity index (χ2v) is 3.98. The van der Waals surface area contributed by atoms with Gasteiger partial charge >= 0.3 is 5.97 Å². The zero-order chi connectivity index (χ0) is 12.1. The first-order valence-corrected chi connectivity index (χ1v) is 5.41. The molecule has 0 saturated heterocycles. The summed E-state index contributed by atoms with van der Waals surface area (Å²) in [5.74, 6) is -0.939. The first-order valence-electron chi connectivity index (χ1n) is 4.61. The minimum atomic E-state index is -0.622. The molecule has 1 aromatic rings. The van der Waals surface area contributed by atoms with Crippen LogP contribution in [0.3, 0.4) is 0 Å². The smallest absolute Gasteiger partial charge is 0.341 e. The molecular weight excluding hydrogens is 272 g/mol. The van der Waals surface area contributed by atoms with Crippen molar-refractivity contribution in [2.24, 2.45) is 0 Å². The number of benzene rings is 1. The summed E-state index contributed by atoms with van der Waals surface area (Å²) in [5, 5.41) is 0. The van der Waals surface area contributed by atoms with Gasteiger partial charge in [0.2, 0.25) is 0 Å². The SMILES string of the molecule is COC(=O)/C(=C/c1ccccc1Br)C(C)=O. The van der Waals surface area contributed by atoms with Crippen molar-refractivity contribution >= 4 is 33.8 Å². The molecule has 3 nitrogen and oxygen atoms in total. The zero-order valence-corrected chi connectivity index (χ0v) is 10.6. The van der Waals surface area contributed by atoms with Crippen LogP contribution >= 0.6 is 15.9 Å². The summed E-state index contributed by atoms with van der Waals surface area (Å²) in [6, 6.07) is 7.31. The molecule has 0 atom stereocenters. The van der Waals surface area contributed by atoms with E-state index in [1.165, 1.54) is 20.1 Å². The Balaban J connectivity index is 3.18. The number of ketones is 1. The third-order valence-electron chi connectivity index (χ3n) is 1.99. The van der Waals surface area contributed by atoms with Crippen molar-refractivity contribution in [3.05, 3.63) is 39.9 Å². The summed E-state index contributed by atoms with van der Waals surface area (Å²) in [5.41, 5.74) is 0.799. The largest absolute Gasteiger partial charge is 0.465 e. The lowest BCUT2D eigenvalue weighted by molar-refractivity contribution is -0.137. The fourth-order valence-corrected chi connectivity index (χ4v) is 1.56. The molecule has 0 aliphatic rings. The highest BCUT2D eigenvalue weighted by Crippen LogP contribution is 2.19. The maximum Gasteiger partial charge on any atom is 0.341 e. The molecule has 0 aromatic heterocycles. The van der Waals surface area contributed by atoms with Crippen molar-refractivity contribution in [3.8, 4) is 0 Å². The number of methoxy groups -OCH3 is 1. The number of esters is 1. The number of ether oxygens (including phenoxy) is 1. The number of halogens is 1. The van der Waals surface area contributed by atoms with Crippen LogP contribution in [0.2, 0.25) is 0 Å². The van der Waals surface area contributed by atoms with Crippen LogP contribution in [-0.2, 0) is 14.3 Å². The van der Waals surface area contributed by atoms with Gasteiger partial charge in [-0.3, -0.25) is 4.79 Å². The van der Waals surface area contributed by atoms with E-state index in [0.29, 0.717) is 0 Å². The van der Waals surface area contributed by atoms with Crippen LogP contribution < -0.4 is 0 Å². The van der Waals surface area contributed by atoms with Crippen LogP contribution in [-0.4, -0.2) is 18.9 Å². The van der Waals surface area contributed by atoms with Crippen LogP contribution in [0, 0.1) is 0 Å². The minimum absolute atomic E-state index is 0.0365. The molecule has 0 aliphatic carbocycles. The lowest BCUT2D eigenvalue weighted by Crippen LogP contribution is -2.11. The van der Waals surface area contributed by atoms with E-state index in [9.17, 15) is 9.59 Å². The van der Waals surface area contributed by atoms with Crippen LogP contribution in [0.25, 0.3) is 6.08 Å². The second-order valence-electron chi connectivity index (χ2n) is 3.13. The highest BCUT2D eigenvalue weighted by Gasteiger charge is 2.14. The number of hydrogen-bond acceptors (Lipinski definition) is 3. The number of hydrogen-bond donors (Lipinski definition) is 0. The summed E-state index contributed by atoms with van der Waals surface area (Å²) < 4.78 is 5.36. The van der Waals surface area contributed by atoms with Gasteiger partial charge in [-0.1, -0.05) is 34.1 Å². The molecule has 0 unspecified atom stereocenters. The molecule has 4 heteroatoms. The Bertz CT molecular complexity index is 449. The predicted octanol–water partition coefficient (Wildman–Crippen LogP) is 2.59. The zero-order valence-electron chi connectivity index (χ0n) is 8.99. The van der Waals surface area contributed by atoms with Gasteiger partial charge in [-0.15, -0.1) is 0 Å². The molecule has 0 radical (unpaired) electrons. The average Bonchev–Trinajstić information content (AvgIpc) is 2.26. The highest BCUT2D eigenvalue weighted by molar-refractivity contribution is 9.10. The van der Waals surface area contributed by atoms with Crippen molar-refractivity contribution < 1.29 is 14.3 Å². The molecule has 1 rings (SSSR count). The van der Waals surface area contributed by atoms with Crippen LogP contribution in [0.4, 0.5) is 0 Å². The molecular formula is C12H11BrO3. The van der Waals surface area contributed by atoms with Gasteiger partial charge in [0.15, 0.2) is 5.78 Å². The van der Waals surface area contributed by atoms with Gasteiger partial charge in [-0.25, -0.2) is 4.79 Å². The number of rotatable bonds is 3. The Morgan fingerprint density at radius 2 is 1.94 bits per heavy atom. The van der Waals surface area contributed by atoms with Crippen molar-refractivity contribution in [3.63, 3.8) is 0 Å². The standard InChI is InChI=1S/C12H11BrO3/c1-8(14)10(12(15)16-2)7-9-5-3-4-6-11(9)13/h3-7H,1-2H3/b10-7+. The van der Waals surface area contributed by atoms with Gasteiger partial charge in [0, 0.05) is 4.47 Å². The predicted molar refractivity (Wildman–Crippen MR) is 64.8 cm³/mol. The van der Waals surface area contributed by atoms with Gasteiger partial charge in [0.25, 0.3) is 0 Å². The topological polar surface area (TPSA) is 43.4 Å². The normalized spacial score (nSPS) is 11.1. The molecule has 0 saturated carbocycles. The lowest BCUT2D eigenvalue weighted by Gasteiger charge is -2.02. The summed E-state index contributed by atoms with van der Waals surface area (Å²) >= 11 is 3.34. The highest BCUT2D eigenvalue weighted by atomic mass is 79.9. The maximum absolute atomic E-state index is 11.3. The monoisotopic (exact) mass is 282 g/mol. The van der Waals surface area contributed by atoms with Gasteiger partial charge in [0.1, 0.15) is 5.57 Å². The maximum atomic E-state index is 11.3. The van der Waals surface area contributed by atoms with E-state index in [1.807, 2.05) is 18.2 Å². The van der Waals surface area contributed by atoms with E-state index in [4.69, 9.17) is 0 Å². The van der Waals surface area contributed by atoms with Crippen LogP contribution in [0.1, 0.15) is 12.5 Å². The molecule has 0 heterocycles. The quantitative estimate of drug-likeness (QED) is 0.370. The Labute approximate surface area is 102 Å². The second kappa shape index (κ2) is 5.61. The number of Topliss-reactive ketones (excluding diaryl/α,β-unsaturated/α-hetero) is 1. The Morgan fingerprint density at radius 1 is 1.31 bits per heavy atom. The van der Waals surface area contributed by atoms with Crippen molar-refractivity contribution in [2.45, 2.75) is 6.92 Å². The van der Waals surface area contributed by atoms with Gasteiger partial charge < -0.3 is 4.74 Å². The molecule has 1 aromatic carbocycles. The van der Waals surface area contributed by atoms with E-state index in [1.54, 1.807) is 6.07 Å². The Kier molecular flexibility index (Phi) is 4.43. The molecule has 0 aliphatic heterocycles. The third kappa shape index (κ3) is 3.03. The molecule has 16 heavy (non-hydrogen) atoms. The fraction of sp³-hybridized carbons (Fsp3) is 0.167. The molecule has 0 amide bonds. The number of carbonyl (C=O) groups excluding carboxylic acids is 2. The first kappa shape index (κ1) is 12.6. The average molecular weight is 283 g/mol. The molecule has 0 fully saturated rings. The van der Waals surface area contributed by atoms with Gasteiger partial charge in [0.05, 0.1) is 7.11 Å². The van der Waals surface area contributed by atoms with Gasteiger partial charge in [-0.2, -0.15) is 0 Å². The summed E-state index contributed by atoms with van der Waals surface area (Å²) in [7, 11) is 1.25. The van der Waals surface area contributed by atoms with E-state index >= 15 is 0 Å². The minimum Gasteiger partial charge on any atom is -0.465 e. The third-order valence-corrected chi connectivity index (χ3v) is 2.71. The van der Waals surface area contributed by atoms with Crippen molar-refractivity contribution in [1.29, 1.82) is 0 Å².